The lowest BCUT2D eigenvalue weighted by atomic mass is 9.89. The molecule has 2 fully saturated rings. The average molecular weight is 212 g/mol. The van der Waals surface area contributed by atoms with Crippen LogP contribution in [0.4, 0.5) is 0 Å². The molecule has 1 aliphatic heterocycles. The van der Waals surface area contributed by atoms with Crippen molar-refractivity contribution in [2.45, 2.75) is 38.1 Å². The third-order valence-corrected chi connectivity index (χ3v) is 3.93. The monoisotopic (exact) mass is 212 g/mol. The van der Waals surface area contributed by atoms with E-state index in [2.05, 4.69) is 10.2 Å². The molecule has 0 unspecified atom stereocenters. The molecule has 88 valence electrons. The second kappa shape index (κ2) is 5.83. The SMILES string of the molecule is OCCN(CC1CCNCC1)C1CCC1. The van der Waals surface area contributed by atoms with Crippen LogP contribution < -0.4 is 5.32 Å². The van der Waals surface area contributed by atoms with Gasteiger partial charge in [-0.3, -0.25) is 4.90 Å². The summed E-state index contributed by atoms with van der Waals surface area (Å²) in [7, 11) is 0. The minimum atomic E-state index is 0.321. The van der Waals surface area contributed by atoms with Crippen LogP contribution in [0, 0.1) is 5.92 Å². The van der Waals surface area contributed by atoms with Gasteiger partial charge in [0.15, 0.2) is 0 Å². The van der Waals surface area contributed by atoms with Crippen LogP contribution in [0.15, 0.2) is 0 Å². The number of nitrogens with one attached hydrogen (secondary N) is 1. The molecular weight excluding hydrogens is 188 g/mol. The van der Waals surface area contributed by atoms with E-state index >= 15 is 0 Å². The Balaban J connectivity index is 1.76. The summed E-state index contributed by atoms with van der Waals surface area (Å²) in [4.78, 5) is 2.53. The number of rotatable bonds is 5. The van der Waals surface area contributed by atoms with Gasteiger partial charge in [0.2, 0.25) is 0 Å². The van der Waals surface area contributed by atoms with Gasteiger partial charge >= 0.3 is 0 Å². The maximum absolute atomic E-state index is 9.08. The first-order valence-corrected chi connectivity index (χ1v) is 6.46. The first-order valence-electron chi connectivity index (χ1n) is 6.46. The molecule has 0 aromatic heterocycles. The van der Waals surface area contributed by atoms with E-state index in [1.807, 2.05) is 0 Å². The fraction of sp³-hybridized carbons (Fsp3) is 1.00. The number of piperidine rings is 1. The summed E-state index contributed by atoms with van der Waals surface area (Å²) in [6.07, 6.45) is 6.72. The summed E-state index contributed by atoms with van der Waals surface area (Å²) >= 11 is 0. The number of aliphatic hydroxyl groups is 1. The summed E-state index contributed by atoms with van der Waals surface area (Å²) < 4.78 is 0. The Morgan fingerprint density at radius 1 is 1.13 bits per heavy atom. The second-order valence-electron chi connectivity index (χ2n) is 5.00. The van der Waals surface area contributed by atoms with E-state index < -0.39 is 0 Å². The van der Waals surface area contributed by atoms with E-state index in [0.717, 1.165) is 18.5 Å². The molecule has 0 aromatic carbocycles. The summed E-state index contributed by atoms with van der Waals surface area (Å²) in [5.74, 6) is 0.860. The third kappa shape index (κ3) is 3.16. The van der Waals surface area contributed by atoms with Crippen LogP contribution in [0.2, 0.25) is 0 Å². The highest BCUT2D eigenvalue weighted by atomic mass is 16.3. The Kier molecular flexibility index (Phi) is 4.42. The summed E-state index contributed by atoms with van der Waals surface area (Å²) in [5, 5.41) is 12.5. The number of hydrogen-bond acceptors (Lipinski definition) is 3. The highest BCUT2D eigenvalue weighted by Gasteiger charge is 2.26. The van der Waals surface area contributed by atoms with E-state index in [-0.39, 0.29) is 0 Å². The van der Waals surface area contributed by atoms with E-state index in [1.165, 1.54) is 51.7 Å². The quantitative estimate of drug-likeness (QED) is 0.708. The summed E-state index contributed by atoms with van der Waals surface area (Å²) in [5.41, 5.74) is 0. The highest BCUT2D eigenvalue weighted by molar-refractivity contribution is 4.82. The number of aliphatic hydroxyl groups excluding tert-OH is 1. The molecule has 2 rings (SSSR count). The lowest BCUT2D eigenvalue weighted by molar-refractivity contribution is 0.0790. The van der Waals surface area contributed by atoms with Crippen molar-refractivity contribution in [1.82, 2.24) is 10.2 Å². The number of hydrogen-bond donors (Lipinski definition) is 2. The van der Waals surface area contributed by atoms with Crippen molar-refractivity contribution in [3.8, 4) is 0 Å². The van der Waals surface area contributed by atoms with Crippen molar-refractivity contribution in [3.05, 3.63) is 0 Å². The van der Waals surface area contributed by atoms with Crippen molar-refractivity contribution in [2.75, 3.05) is 32.8 Å². The van der Waals surface area contributed by atoms with Gasteiger partial charge in [-0.05, 0) is 44.7 Å². The molecule has 3 nitrogen and oxygen atoms in total. The van der Waals surface area contributed by atoms with E-state index in [0.29, 0.717) is 6.61 Å². The Morgan fingerprint density at radius 3 is 2.40 bits per heavy atom. The molecular formula is C12H24N2O. The van der Waals surface area contributed by atoms with Crippen LogP contribution in [-0.4, -0.2) is 48.8 Å². The largest absolute Gasteiger partial charge is 0.395 e. The molecule has 0 amide bonds. The molecule has 15 heavy (non-hydrogen) atoms. The molecule has 2 aliphatic rings. The topological polar surface area (TPSA) is 35.5 Å². The van der Waals surface area contributed by atoms with Gasteiger partial charge in [-0.25, -0.2) is 0 Å². The highest BCUT2D eigenvalue weighted by Crippen LogP contribution is 2.26. The van der Waals surface area contributed by atoms with Crippen LogP contribution in [-0.2, 0) is 0 Å². The van der Waals surface area contributed by atoms with Crippen LogP contribution in [0.3, 0.4) is 0 Å². The van der Waals surface area contributed by atoms with Crippen molar-refractivity contribution in [3.63, 3.8) is 0 Å². The predicted octanol–water partition coefficient (Wildman–Crippen LogP) is 0.833. The van der Waals surface area contributed by atoms with Gasteiger partial charge in [-0.15, -0.1) is 0 Å². The molecule has 0 radical (unpaired) electrons. The van der Waals surface area contributed by atoms with Gasteiger partial charge in [-0.2, -0.15) is 0 Å². The number of nitrogens with zero attached hydrogens (tertiary/aromatic N) is 1. The van der Waals surface area contributed by atoms with E-state index in [4.69, 9.17) is 5.11 Å². The zero-order valence-electron chi connectivity index (χ0n) is 9.62. The summed E-state index contributed by atoms with van der Waals surface area (Å²) in [6.45, 7) is 4.79. The maximum atomic E-state index is 9.08. The zero-order chi connectivity index (χ0) is 10.5. The lowest BCUT2D eigenvalue weighted by Crippen LogP contribution is -2.45. The van der Waals surface area contributed by atoms with Gasteiger partial charge in [0.25, 0.3) is 0 Å². The summed E-state index contributed by atoms with van der Waals surface area (Å²) in [6, 6.07) is 0.784. The normalized spacial score (nSPS) is 24.4. The minimum absolute atomic E-state index is 0.321. The fourth-order valence-electron chi connectivity index (χ4n) is 2.70. The average Bonchev–Trinajstić information content (AvgIpc) is 2.17. The zero-order valence-corrected chi connectivity index (χ0v) is 9.62. The van der Waals surface area contributed by atoms with Gasteiger partial charge in [-0.1, -0.05) is 6.42 Å². The van der Waals surface area contributed by atoms with Crippen molar-refractivity contribution < 1.29 is 5.11 Å². The molecule has 1 saturated heterocycles. The molecule has 1 heterocycles. The Labute approximate surface area is 92.8 Å². The molecule has 0 atom stereocenters. The van der Waals surface area contributed by atoms with Gasteiger partial charge in [0.05, 0.1) is 6.61 Å². The van der Waals surface area contributed by atoms with Crippen molar-refractivity contribution in [1.29, 1.82) is 0 Å². The van der Waals surface area contributed by atoms with Gasteiger partial charge in [0.1, 0.15) is 0 Å². The molecule has 1 aliphatic carbocycles. The molecule has 0 aromatic rings. The van der Waals surface area contributed by atoms with E-state index in [1.54, 1.807) is 0 Å². The Bertz CT molecular complexity index is 176. The molecule has 2 N–H and O–H groups in total. The first kappa shape index (κ1) is 11.4. The van der Waals surface area contributed by atoms with E-state index in [9.17, 15) is 0 Å². The molecule has 0 spiro atoms. The van der Waals surface area contributed by atoms with Gasteiger partial charge in [0, 0.05) is 19.1 Å². The second-order valence-corrected chi connectivity index (χ2v) is 5.00. The molecule has 3 heteroatoms. The van der Waals surface area contributed by atoms with Gasteiger partial charge < -0.3 is 10.4 Å². The van der Waals surface area contributed by atoms with Crippen molar-refractivity contribution >= 4 is 0 Å². The third-order valence-electron chi connectivity index (χ3n) is 3.93. The molecule has 1 saturated carbocycles. The maximum Gasteiger partial charge on any atom is 0.0558 e. The Hall–Kier alpha value is -0.120. The van der Waals surface area contributed by atoms with Crippen LogP contribution in [0.1, 0.15) is 32.1 Å². The molecule has 0 bridgehead atoms. The Morgan fingerprint density at radius 2 is 1.87 bits per heavy atom. The predicted molar refractivity (Wildman–Crippen MR) is 61.9 cm³/mol. The van der Waals surface area contributed by atoms with Crippen LogP contribution in [0.5, 0.6) is 0 Å². The standard InChI is InChI=1S/C12H24N2O/c15-9-8-14(12-2-1-3-12)10-11-4-6-13-7-5-11/h11-13,15H,1-10H2. The van der Waals surface area contributed by atoms with Crippen LogP contribution >= 0.6 is 0 Å². The van der Waals surface area contributed by atoms with Crippen molar-refractivity contribution in [2.24, 2.45) is 5.92 Å². The minimum Gasteiger partial charge on any atom is -0.395 e. The fourth-order valence-corrected chi connectivity index (χ4v) is 2.70. The first-order chi connectivity index (χ1) is 7.40. The smallest absolute Gasteiger partial charge is 0.0558 e. The van der Waals surface area contributed by atoms with Crippen LogP contribution in [0.25, 0.3) is 0 Å². The lowest BCUT2D eigenvalue weighted by Gasteiger charge is -2.40.